The highest BCUT2D eigenvalue weighted by Gasteiger charge is 2.49. The first kappa shape index (κ1) is 34.0. The maximum atomic E-state index is 7.26. The molecule has 0 atom stereocenters. The van der Waals surface area contributed by atoms with Crippen LogP contribution >= 0.6 is 0 Å². The van der Waals surface area contributed by atoms with Crippen LogP contribution in [0.4, 0.5) is 34.1 Å². The van der Waals surface area contributed by atoms with Gasteiger partial charge in [-0.05, 0) is 123 Å². The molecule has 0 amide bonds. The van der Waals surface area contributed by atoms with E-state index in [0.29, 0.717) is 0 Å². The first-order valence-electron chi connectivity index (χ1n) is 20.0. The number of nitrogens with zero attached hydrogens (tertiary/aromatic N) is 2. The molecule has 3 aliphatic rings. The van der Waals surface area contributed by atoms with E-state index < -0.39 is 0 Å². The van der Waals surface area contributed by atoms with E-state index in [9.17, 15) is 0 Å². The minimum Gasteiger partial charge on any atom is -0.468 e. The highest BCUT2D eigenvalue weighted by Crippen LogP contribution is 2.52. The molecular formula is C51H49BN2O. The lowest BCUT2D eigenvalue weighted by Gasteiger charge is -2.46. The van der Waals surface area contributed by atoms with Crippen molar-refractivity contribution in [1.29, 1.82) is 0 Å². The van der Waals surface area contributed by atoms with Crippen molar-refractivity contribution in [2.24, 2.45) is 0 Å². The first-order chi connectivity index (χ1) is 26.3. The number of benzene rings is 6. The lowest BCUT2D eigenvalue weighted by Crippen LogP contribution is -2.61. The van der Waals surface area contributed by atoms with E-state index in [1.807, 2.05) is 0 Å². The Bertz CT molecular complexity index is 2660. The fourth-order valence-corrected chi connectivity index (χ4v) is 9.78. The Labute approximate surface area is 326 Å². The second-order valence-corrected chi connectivity index (χ2v) is 18.5. The summed E-state index contributed by atoms with van der Waals surface area (Å²) in [6, 6.07) is 47.6. The van der Waals surface area contributed by atoms with Gasteiger partial charge in [0.15, 0.2) is 0 Å². The molecule has 3 heterocycles. The van der Waals surface area contributed by atoms with Crippen LogP contribution in [0.2, 0.25) is 0 Å². The normalized spacial score (nSPS) is 16.4. The fourth-order valence-electron chi connectivity index (χ4n) is 9.78. The Balaban J connectivity index is 1.36. The summed E-state index contributed by atoms with van der Waals surface area (Å²) in [6.07, 6.45) is 2.32. The van der Waals surface area contributed by atoms with E-state index >= 15 is 0 Å². The van der Waals surface area contributed by atoms with Crippen molar-refractivity contribution >= 4 is 68.4 Å². The molecule has 4 heteroatoms. The monoisotopic (exact) mass is 716 g/mol. The second-order valence-electron chi connectivity index (χ2n) is 18.5. The number of aryl methyl sites for hydroxylation is 1. The summed E-state index contributed by atoms with van der Waals surface area (Å²) in [4.78, 5) is 5.08. The lowest BCUT2D eigenvalue weighted by molar-refractivity contribution is 0.332. The third-order valence-electron chi connectivity index (χ3n) is 12.9. The molecule has 3 nitrogen and oxygen atoms in total. The summed E-state index contributed by atoms with van der Waals surface area (Å²) < 4.78 is 7.26. The molecule has 0 saturated heterocycles. The number of furan rings is 1. The van der Waals surface area contributed by atoms with Crippen LogP contribution in [0.25, 0.3) is 22.1 Å². The average molecular weight is 717 g/mol. The summed E-state index contributed by atoms with van der Waals surface area (Å²) in [5.74, 6) is 0. The molecule has 0 bridgehead atoms. The van der Waals surface area contributed by atoms with Gasteiger partial charge in [-0.15, -0.1) is 0 Å². The van der Waals surface area contributed by atoms with Crippen molar-refractivity contribution in [2.45, 2.75) is 84.5 Å². The molecular weight excluding hydrogens is 667 g/mol. The van der Waals surface area contributed by atoms with Crippen molar-refractivity contribution < 1.29 is 4.42 Å². The Morgan fingerprint density at radius 1 is 0.618 bits per heavy atom. The summed E-state index contributed by atoms with van der Waals surface area (Å²) in [5.41, 5.74) is 19.7. The van der Waals surface area contributed by atoms with Crippen molar-refractivity contribution in [3.8, 4) is 11.1 Å². The van der Waals surface area contributed by atoms with Gasteiger partial charge in [0.25, 0.3) is 6.71 Å². The topological polar surface area (TPSA) is 19.6 Å². The highest BCUT2D eigenvalue weighted by molar-refractivity contribution is 7.00. The van der Waals surface area contributed by atoms with E-state index in [4.69, 9.17) is 4.42 Å². The standard InChI is InChI=1S/C51H49BN2O/c1-32-27-43-46-44(28-32)54(41-22-16-15-21-36(41)33-17-11-9-12-18-33)42-31-39-38(50(5,6)25-26-51(39,7)8)30-40(42)52(46)48-47(53(43)35-19-13-10-14-20-35)37-29-34(49(2,3)4)23-24-45(37)55-48/h9-24,27-31H,25-26H2,1-8H3. The quantitative estimate of drug-likeness (QED) is 0.170. The maximum absolute atomic E-state index is 7.26. The van der Waals surface area contributed by atoms with Crippen LogP contribution in [0.5, 0.6) is 0 Å². The van der Waals surface area contributed by atoms with E-state index in [-0.39, 0.29) is 23.0 Å². The molecule has 2 aliphatic heterocycles. The Hall–Kier alpha value is -5.48. The predicted molar refractivity (Wildman–Crippen MR) is 234 cm³/mol. The Morgan fingerprint density at radius 3 is 1.93 bits per heavy atom. The third-order valence-corrected chi connectivity index (χ3v) is 12.9. The van der Waals surface area contributed by atoms with Gasteiger partial charge in [0.05, 0.1) is 17.0 Å². The van der Waals surface area contributed by atoms with Gasteiger partial charge in [-0.3, -0.25) is 0 Å². The number of hydrogen-bond acceptors (Lipinski definition) is 3. The van der Waals surface area contributed by atoms with E-state index in [0.717, 1.165) is 40.8 Å². The maximum Gasteiger partial charge on any atom is 0.297 e. The smallest absolute Gasteiger partial charge is 0.297 e. The van der Waals surface area contributed by atoms with E-state index in [1.165, 1.54) is 67.1 Å². The lowest BCUT2D eigenvalue weighted by atomic mass is 9.35. The predicted octanol–water partition coefficient (Wildman–Crippen LogP) is 12.1. The molecule has 55 heavy (non-hydrogen) atoms. The summed E-state index contributed by atoms with van der Waals surface area (Å²) in [6.45, 7) is 18.8. The van der Waals surface area contributed by atoms with Crippen molar-refractivity contribution in [2.75, 3.05) is 9.80 Å². The molecule has 0 saturated carbocycles. The molecule has 0 fully saturated rings. The van der Waals surface area contributed by atoms with Crippen LogP contribution in [-0.2, 0) is 16.2 Å². The summed E-state index contributed by atoms with van der Waals surface area (Å²) in [7, 11) is 0. The molecule has 272 valence electrons. The second kappa shape index (κ2) is 11.8. The van der Waals surface area contributed by atoms with Gasteiger partial charge < -0.3 is 14.2 Å². The van der Waals surface area contributed by atoms with Crippen molar-refractivity contribution in [3.05, 3.63) is 150 Å². The van der Waals surface area contributed by atoms with Gasteiger partial charge in [0.2, 0.25) is 0 Å². The molecule has 0 unspecified atom stereocenters. The van der Waals surface area contributed by atoms with E-state index in [1.54, 1.807) is 0 Å². The van der Waals surface area contributed by atoms with Gasteiger partial charge >= 0.3 is 0 Å². The highest BCUT2D eigenvalue weighted by atomic mass is 16.3. The molecule has 0 spiro atoms. The molecule has 1 aromatic heterocycles. The largest absolute Gasteiger partial charge is 0.468 e. The van der Waals surface area contributed by atoms with Gasteiger partial charge in [-0.2, -0.15) is 0 Å². The Kier molecular flexibility index (Phi) is 7.28. The molecule has 0 radical (unpaired) electrons. The molecule has 7 aromatic rings. The minimum absolute atomic E-state index is 0.00617. The SMILES string of the molecule is Cc1cc2c3c(c1)N(c1ccccc1)c1c(oc4ccc(C(C)(C)C)cc14)B3c1cc3c(cc1N2c1ccccc1-c1ccccc1)C(C)(C)CCC3(C)C. The van der Waals surface area contributed by atoms with Crippen molar-refractivity contribution in [3.63, 3.8) is 0 Å². The molecule has 10 rings (SSSR count). The van der Waals surface area contributed by atoms with Gasteiger partial charge in [0.1, 0.15) is 5.58 Å². The summed E-state index contributed by atoms with van der Waals surface area (Å²) in [5, 5.41) is 1.16. The number of hydrogen-bond donors (Lipinski definition) is 0. The number of para-hydroxylation sites is 2. The zero-order chi connectivity index (χ0) is 38.0. The van der Waals surface area contributed by atoms with Gasteiger partial charge in [0, 0.05) is 33.7 Å². The van der Waals surface area contributed by atoms with Crippen LogP contribution in [0.1, 0.15) is 83.6 Å². The zero-order valence-electron chi connectivity index (χ0n) is 33.4. The Morgan fingerprint density at radius 2 is 1.24 bits per heavy atom. The molecule has 1 aliphatic carbocycles. The molecule has 0 N–H and O–H groups in total. The summed E-state index contributed by atoms with van der Waals surface area (Å²) >= 11 is 0. The van der Waals surface area contributed by atoms with Crippen LogP contribution in [0.3, 0.4) is 0 Å². The van der Waals surface area contributed by atoms with E-state index in [2.05, 4.69) is 193 Å². The van der Waals surface area contributed by atoms with Crippen LogP contribution in [0, 0.1) is 6.92 Å². The first-order valence-corrected chi connectivity index (χ1v) is 20.0. The van der Waals surface area contributed by atoms with Crippen LogP contribution < -0.4 is 26.4 Å². The zero-order valence-corrected chi connectivity index (χ0v) is 33.4. The van der Waals surface area contributed by atoms with Crippen LogP contribution in [0.15, 0.2) is 132 Å². The minimum atomic E-state index is -0.0904. The average Bonchev–Trinajstić information content (AvgIpc) is 3.55. The van der Waals surface area contributed by atoms with Crippen LogP contribution in [-0.4, -0.2) is 6.71 Å². The molecule has 6 aromatic carbocycles. The number of rotatable bonds is 3. The van der Waals surface area contributed by atoms with Gasteiger partial charge in [-0.25, -0.2) is 0 Å². The number of fused-ring (bicyclic) bond motifs is 7. The number of anilines is 6. The van der Waals surface area contributed by atoms with Gasteiger partial charge in [-0.1, -0.05) is 127 Å². The third kappa shape index (κ3) is 5.10. The van der Waals surface area contributed by atoms with Crippen molar-refractivity contribution in [1.82, 2.24) is 0 Å². The fraction of sp³-hybridized carbons (Fsp3) is 0.255.